The Morgan fingerprint density at radius 2 is 1.67 bits per heavy atom. The van der Waals surface area contributed by atoms with Crippen LogP contribution in [0.5, 0.6) is 0 Å². The quantitative estimate of drug-likeness (QED) is 0.570. The van der Waals surface area contributed by atoms with Gasteiger partial charge < -0.3 is 4.90 Å². The van der Waals surface area contributed by atoms with Crippen molar-refractivity contribution >= 4 is 40.6 Å². The van der Waals surface area contributed by atoms with Crippen LogP contribution in [-0.4, -0.2) is 34.7 Å². The zero-order valence-electron chi connectivity index (χ0n) is 16.9. The zero-order chi connectivity index (χ0) is 21.3. The van der Waals surface area contributed by atoms with Gasteiger partial charge in [0.1, 0.15) is 5.70 Å². The van der Waals surface area contributed by atoms with E-state index in [0.717, 1.165) is 37.7 Å². The van der Waals surface area contributed by atoms with Gasteiger partial charge in [0.25, 0.3) is 11.8 Å². The third kappa shape index (κ3) is 3.99. The van der Waals surface area contributed by atoms with Crippen molar-refractivity contribution in [2.45, 2.75) is 44.7 Å². The second kappa shape index (κ2) is 8.83. The van der Waals surface area contributed by atoms with Crippen molar-refractivity contribution in [1.82, 2.24) is 9.80 Å². The van der Waals surface area contributed by atoms with E-state index in [4.69, 9.17) is 23.2 Å². The summed E-state index contributed by atoms with van der Waals surface area (Å²) in [7, 11) is 1.85. The molecule has 2 aromatic carbocycles. The molecule has 1 aliphatic heterocycles. The van der Waals surface area contributed by atoms with Crippen LogP contribution in [0.3, 0.4) is 0 Å². The van der Waals surface area contributed by atoms with E-state index in [1.807, 2.05) is 42.3 Å². The molecule has 1 fully saturated rings. The highest BCUT2D eigenvalue weighted by Gasteiger charge is 2.44. The van der Waals surface area contributed by atoms with Crippen LogP contribution in [0.4, 0.5) is 0 Å². The van der Waals surface area contributed by atoms with Crippen LogP contribution in [0.2, 0.25) is 10.0 Å². The number of hydrogen-bond acceptors (Lipinski definition) is 3. The Balaban J connectivity index is 1.77. The zero-order valence-corrected chi connectivity index (χ0v) is 18.4. The Labute approximate surface area is 187 Å². The summed E-state index contributed by atoms with van der Waals surface area (Å²) >= 11 is 12.5. The van der Waals surface area contributed by atoms with E-state index in [0.29, 0.717) is 33.4 Å². The first kappa shape index (κ1) is 21.0. The van der Waals surface area contributed by atoms with Crippen LogP contribution in [0.15, 0.2) is 54.2 Å². The summed E-state index contributed by atoms with van der Waals surface area (Å²) in [6.45, 7) is 0.516. The first-order valence-corrected chi connectivity index (χ1v) is 11.1. The first-order valence-electron chi connectivity index (χ1n) is 10.3. The van der Waals surface area contributed by atoms with Crippen molar-refractivity contribution in [3.05, 3.63) is 75.4 Å². The summed E-state index contributed by atoms with van der Waals surface area (Å²) in [5.41, 5.74) is 2.38. The minimum Gasteiger partial charge on any atom is -0.365 e. The molecule has 0 saturated heterocycles. The smallest absolute Gasteiger partial charge is 0.278 e. The average Bonchev–Trinajstić information content (AvgIpc) is 2.99. The number of halogens is 2. The summed E-state index contributed by atoms with van der Waals surface area (Å²) in [5.74, 6) is -0.489. The second-order valence-electron chi connectivity index (χ2n) is 7.96. The van der Waals surface area contributed by atoms with E-state index in [2.05, 4.69) is 0 Å². The number of nitrogens with zero attached hydrogens (tertiary/aromatic N) is 2. The normalized spacial score (nSPS) is 17.8. The van der Waals surface area contributed by atoms with Crippen molar-refractivity contribution in [2.24, 2.45) is 0 Å². The van der Waals surface area contributed by atoms with Gasteiger partial charge in [0.05, 0.1) is 10.6 Å². The lowest BCUT2D eigenvalue weighted by Gasteiger charge is -2.30. The molecule has 0 unspecified atom stereocenters. The molecule has 2 aromatic rings. The van der Waals surface area contributed by atoms with Crippen LogP contribution in [0.1, 0.15) is 43.2 Å². The van der Waals surface area contributed by atoms with Crippen LogP contribution >= 0.6 is 23.2 Å². The SMILES string of the molecule is CN(Cc1ccccc1)C1=C(c2ccc(Cl)cc2Cl)C(=O)N(C2CCCCC2)C1=O. The molecule has 4 nitrogen and oxygen atoms in total. The third-order valence-corrected chi connectivity index (χ3v) is 6.42. The van der Waals surface area contributed by atoms with Gasteiger partial charge in [-0.05, 0) is 30.5 Å². The summed E-state index contributed by atoms with van der Waals surface area (Å²) in [5, 5.41) is 0.860. The van der Waals surface area contributed by atoms with E-state index < -0.39 is 0 Å². The maximum Gasteiger partial charge on any atom is 0.278 e. The second-order valence-corrected chi connectivity index (χ2v) is 8.81. The van der Waals surface area contributed by atoms with Gasteiger partial charge in [-0.3, -0.25) is 14.5 Å². The molecule has 2 aliphatic rings. The molecule has 0 N–H and O–H groups in total. The van der Waals surface area contributed by atoms with Gasteiger partial charge in [0.15, 0.2) is 0 Å². The topological polar surface area (TPSA) is 40.6 Å². The molecular weight excluding hydrogens is 419 g/mol. The predicted octanol–water partition coefficient (Wildman–Crippen LogP) is 5.54. The largest absolute Gasteiger partial charge is 0.365 e. The van der Waals surface area contributed by atoms with E-state index >= 15 is 0 Å². The molecule has 2 amide bonds. The molecule has 0 aromatic heterocycles. The molecule has 4 rings (SSSR count). The molecule has 1 heterocycles. The minimum atomic E-state index is -0.258. The van der Waals surface area contributed by atoms with Crippen LogP contribution in [0, 0.1) is 0 Å². The van der Waals surface area contributed by atoms with Crippen molar-refractivity contribution in [3.63, 3.8) is 0 Å². The van der Waals surface area contributed by atoms with Gasteiger partial charge in [0, 0.05) is 30.2 Å². The summed E-state index contributed by atoms with van der Waals surface area (Å²) in [6.07, 6.45) is 4.93. The van der Waals surface area contributed by atoms with Gasteiger partial charge in [0.2, 0.25) is 0 Å². The first-order chi connectivity index (χ1) is 14.5. The molecule has 1 aliphatic carbocycles. The molecule has 0 atom stereocenters. The highest BCUT2D eigenvalue weighted by molar-refractivity contribution is 6.41. The molecule has 0 bridgehead atoms. The Bertz CT molecular complexity index is 998. The molecule has 1 saturated carbocycles. The number of hydrogen-bond donors (Lipinski definition) is 0. The summed E-state index contributed by atoms with van der Waals surface area (Å²) < 4.78 is 0. The van der Waals surface area contributed by atoms with Gasteiger partial charge in [-0.15, -0.1) is 0 Å². The molecular formula is C24H24Cl2N2O2. The molecule has 156 valence electrons. The van der Waals surface area contributed by atoms with E-state index in [-0.39, 0.29) is 17.9 Å². The number of likely N-dealkylation sites (N-methyl/N-ethyl adjacent to an activating group) is 1. The lowest BCUT2D eigenvalue weighted by Crippen LogP contribution is -2.43. The van der Waals surface area contributed by atoms with E-state index in [1.54, 1.807) is 18.2 Å². The fourth-order valence-corrected chi connectivity index (χ4v) is 4.93. The lowest BCUT2D eigenvalue weighted by atomic mass is 9.94. The van der Waals surface area contributed by atoms with Gasteiger partial charge in [-0.2, -0.15) is 0 Å². The number of carbonyl (C=O) groups is 2. The average molecular weight is 443 g/mol. The van der Waals surface area contributed by atoms with E-state index in [9.17, 15) is 9.59 Å². The number of amides is 2. The minimum absolute atomic E-state index is 0.0533. The molecule has 30 heavy (non-hydrogen) atoms. The maximum atomic E-state index is 13.5. The van der Waals surface area contributed by atoms with Crippen LogP contribution < -0.4 is 0 Å². The maximum absolute atomic E-state index is 13.5. The van der Waals surface area contributed by atoms with Crippen LogP contribution in [0.25, 0.3) is 5.57 Å². The Morgan fingerprint density at radius 1 is 0.967 bits per heavy atom. The standard InChI is InChI=1S/C24H24Cl2N2O2/c1-27(15-16-8-4-2-5-9-16)22-21(19-13-12-17(25)14-20(19)26)23(29)28(24(22)30)18-10-6-3-7-11-18/h2,4-5,8-9,12-14,18H,3,6-7,10-11,15H2,1H3. The van der Waals surface area contributed by atoms with E-state index in [1.165, 1.54) is 4.90 Å². The highest BCUT2D eigenvalue weighted by Crippen LogP contribution is 2.39. The molecule has 0 spiro atoms. The Hall–Kier alpha value is -2.30. The summed E-state index contributed by atoms with van der Waals surface area (Å²) in [6, 6.07) is 14.9. The number of rotatable bonds is 5. The van der Waals surface area contributed by atoms with Crippen molar-refractivity contribution in [3.8, 4) is 0 Å². The third-order valence-electron chi connectivity index (χ3n) is 5.88. The van der Waals surface area contributed by atoms with Crippen molar-refractivity contribution in [2.75, 3.05) is 7.05 Å². The fourth-order valence-electron chi connectivity index (χ4n) is 4.43. The number of imide groups is 1. The highest BCUT2D eigenvalue weighted by atomic mass is 35.5. The van der Waals surface area contributed by atoms with Crippen LogP contribution in [-0.2, 0) is 16.1 Å². The fraction of sp³-hybridized carbons (Fsp3) is 0.333. The molecule has 0 radical (unpaired) electrons. The van der Waals surface area contributed by atoms with Crippen molar-refractivity contribution < 1.29 is 9.59 Å². The Morgan fingerprint density at radius 3 is 2.33 bits per heavy atom. The number of benzene rings is 2. The monoisotopic (exact) mass is 442 g/mol. The molecule has 6 heteroatoms. The predicted molar refractivity (Wildman–Crippen MR) is 120 cm³/mol. The summed E-state index contributed by atoms with van der Waals surface area (Å²) in [4.78, 5) is 30.4. The van der Waals surface area contributed by atoms with Gasteiger partial charge >= 0.3 is 0 Å². The van der Waals surface area contributed by atoms with Crippen molar-refractivity contribution in [1.29, 1.82) is 0 Å². The number of carbonyl (C=O) groups excluding carboxylic acids is 2. The lowest BCUT2D eigenvalue weighted by molar-refractivity contribution is -0.140. The van der Waals surface area contributed by atoms with Gasteiger partial charge in [-0.25, -0.2) is 0 Å². The Kier molecular flexibility index (Phi) is 6.16. The van der Waals surface area contributed by atoms with Gasteiger partial charge in [-0.1, -0.05) is 78.9 Å².